The highest BCUT2D eigenvalue weighted by Crippen LogP contribution is 2.31. The van der Waals surface area contributed by atoms with Crippen molar-refractivity contribution in [3.8, 4) is 5.75 Å². The van der Waals surface area contributed by atoms with Gasteiger partial charge in [-0.05, 0) is 30.7 Å². The quantitative estimate of drug-likeness (QED) is 0.438. The summed E-state index contributed by atoms with van der Waals surface area (Å²) >= 11 is 0. The molecule has 0 spiro atoms. The summed E-state index contributed by atoms with van der Waals surface area (Å²) in [6.07, 6.45) is 0.801. The maximum atomic E-state index is 13.4. The molecule has 3 heterocycles. The Morgan fingerprint density at radius 1 is 1.03 bits per heavy atom. The molecule has 0 amide bonds. The summed E-state index contributed by atoms with van der Waals surface area (Å²) in [6.45, 7) is 0.997. The number of fused-ring (bicyclic) bond motifs is 3. The first kappa shape index (κ1) is 20.7. The Bertz CT molecular complexity index is 1470. The molecule has 0 radical (unpaired) electrons. The normalized spacial score (nSPS) is 13.2. The number of hydrogen-bond acceptors (Lipinski definition) is 6. The fraction of sp³-hybridized carbons (Fsp3) is 0.250. The number of hydrogen-bond donors (Lipinski definition) is 0. The lowest BCUT2D eigenvalue weighted by Gasteiger charge is -2.29. The van der Waals surface area contributed by atoms with Crippen LogP contribution in [0.3, 0.4) is 0 Å². The maximum Gasteiger partial charge on any atom is 0.332 e. The van der Waals surface area contributed by atoms with E-state index in [9.17, 15) is 14.4 Å². The van der Waals surface area contributed by atoms with Crippen molar-refractivity contribution in [2.45, 2.75) is 19.5 Å². The number of aryl methyl sites for hydroxylation is 2. The Morgan fingerprint density at radius 2 is 1.76 bits per heavy atom. The monoisotopic (exact) mass is 445 g/mol. The molecule has 2 aromatic heterocycles. The van der Waals surface area contributed by atoms with E-state index in [1.807, 2.05) is 33.7 Å². The number of nitrogens with zero attached hydrogens (tertiary/aromatic N) is 5. The number of aromatic nitrogens is 4. The lowest BCUT2D eigenvalue weighted by Crippen LogP contribution is -2.41. The third kappa shape index (κ3) is 3.42. The minimum atomic E-state index is -0.566. The average Bonchev–Trinajstić information content (AvgIpc) is 3.26. The van der Waals surface area contributed by atoms with Crippen LogP contribution in [0.4, 0.5) is 11.6 Å². The number of benzene rings is 2. The van der Waals surface area contributed by atoms with Gasteiger partial charge in [0.15, 0.2) is 16.9 Å². The number of anilines is 2. The van der Waals surface area contributed by atoms with Crippen LogP contribution in [0.15, 0.2) is 64.2 Å². The summed E-state index contributed by atoms with van der Waals surface area (Å²) in [7, 11) is 3.19. The Kier molecular flexibility index (Phi) is 5.08. The lowest BCUT2D eigenvalue weighted by atomic mass is 10.1. The minimum absolute atomic E-state index is 0.299. The first-order valence-electron chi connectivity index (χ1n) is 10.7. The van der Waals surface area contributed by atoms with E-state index in [0.717, 1.165) is 29.0 Å². The number of carbonyl (C=O) groups excluding carboxylic acids is 1. The molecule has 2 aromatic carbocycles. The molecule has 0 aliphatic carbocycles. The zero-order valence-electron chi connectivity index (χ0n) is 18.4. The van der Waals surface area contributed by atoms with Gasteiger partial charge in [-0.25, -0.2) is 4.79 Å². The zero-order valence-corrected chi connectivity index (χ0v) is 18.4. The fourth-order valence-electron chi connectivity index (χ4n) is 4.27. The first-order valence-corrected chi connectivity index (χ1v) is 10.7. The van der Waals surface area contributed by atoms with Crippen LogP contribution < -0.4 is 20.9 Å². The molecule has 168 valence electrons. The molecule has 9 heteroatoms. The van der Waals surface area contributed by atoms with Gasteiger partial charge in [0, 0.05) is 31.4 Å². The zero-order chi connectivity index (χ0) is 23.1. The molecule has 0 saturated carbocycles. The minimum Gasteiger partial charge on any atom is -0.497 e. The van der Waals surface area contributed by atoms with E-state index >= 15 is 0 Å². The molecule has 0 unspecified atom stereocenters. The van der Waals surface area contributed by atoms with Crippen molar-refractivity contribution >= 4 is 28.6 Å². The fourth-order valence-corrected chi connectivity index (χ4v) is 4.27. The van der Waals surface area contributed by atoms with Crippen LogP contribution in [-0.4, -0.2) is 38.1 Å². The topological polar surface area (TPSA) is 91.4 Å². The van der Waals surface area contributed by atoms with Gasteiger partial charge in [0.1, 0.15) is 5.75 Å². The predicted octanol–water partition coefficient (Wildman–Crippen LogP) is 2.33. The standard InChI is InChI=1S/C24H23N5O4/c1-26-21-20(22(31)29(24(26)32)15-19(30)16-7-4-3-5-8-16)28-14-6-13-27(23(28)25-21)17-9-11-18(33-2)12-10-17/h3-5,7-12H,6,13-15H2,1-2H3. The van der Waals surface area contributed by atoms with Crippen molar-refractivity contribution < 1.29 is 9.53 Å². The van der Waals surface area contributed by atoms with E-state index < -0.39 is 11.2 Å². The Morgan fingerprint density at radius 3 is 2.45 bits per heavy atom. The van der Waals surface area contributed by atoms with Gasteiger partial charge < -0.3 is 14.2 Å². The Hall–Kier alpha value is -4.14. The third-order valence-corrected chi connectivity index (χ3v) is 6.00. The number of Topliss-reactive ketones (excluding diaryl/α,β-unsaturated/α-hetero) is 1. The van der Waals surface area contributed by atoms with Crippen LogP contribution in [-0.2, 0) is 20.1 Å². The molecule has 0 fully saturated rings. The number of ether oxygens (including phenoxy) is 1. The van der Waals surface area contributed by atoms with E-state index in [1.54, 1.807) is 44.5 Å². The second-order valence-electron chi connectivity index (χ2n) is 7.96. The molecule has 0 bridgehead atoms. The molecule has 0 saturated heterocycles. The van der Waals surface area contributed by atoms with Crippen molar-refractivity contribution in [1.29, 1.82) is 0 Å². The Labute approximate surface area is 189 Å². The van der Waals surface area contributed by atoms with Crippen molar-refractivity contribution in [3.05, 3.63) is 81.0 Å². The highest BCUT2D eigenvalue weighted by atomic mass is 16.5. The maximum absolute atomic E-state index is 13.4. The van der Waals surface area contributed by atoms with E-state index in [0.29, 0.717) is 29.2 Å². The lowest BCUT2D eigenvalue weighted by molar-refractivity contribution is 0.0969. The number of ketones is 1. The number of imidazole rings is 1. The van der Waals surface area contributed by atoms with Gasteiger partial charge in [0.05, 0.1) is 13.7 Å². The van der Waals surface area contributed by atoms with Gasteiger partial charge >= 0.3 is 5.69 Å². The second-order valence-corrected chi connectivity index (χ2v) is 7.96. The van der Waals surface area contributed by atoms with Crippen LogP contribution in [0.2, 0.25) is 0 Å². The predicted molar refractivity (Wildman–Crippen MR) is 125 cm³/mol. The van der Waals surface area contributed by atoms with E-state index in [-0.39, 0.29) is 12.3 Å². The van der Waals surface area contributed by atoms with Crippen LogP contribution >= 0.6 is 0 Å². The van der Waals surface area contributed by atoms with E-state index in [1.165, 1.54) is 4.57 Å². The van der Waals surface area contributed by atoms with Gasteiger partial charge in [-0.3, -0.25) is 18.7 Å². The van der Waals surface area contributed by atoms with Crippen molar-refractivity contribution in [2.24, 2.45) is 7.05 Å². The van der Waals surface area contributed by atoms with Gasteiger partial charge in [0.2, 0.25) is 5.95 Å². The van der Waals surface area contributed by atoms with Crippen LogP contribution in [0.5, 0.6) is 5.75 Å². The van der Waals surface area contributed by atoms with Gasteiger partial charge in [0.25, 0.3) is 5.56 Å². The van der Waals surface area contributed by atoms with Crippen LogP contribution in [0, 0.1) is 0 Å². The first-order chi connectivity index (χ1) is 16.0. The summed E-state index contributed by atoms with van der Waals surface area (Å²) < 4.78 is 9.43. The molecule has 0 N–H and O–H groups in total. The number of carbonyl (C=O) groups is 1. The van der Waals surface area contributed by atoms with Crippen molar-refractivity contribution in [2.75, 3.05) is 18.6 Å². The molecule has 0 atom stereocenters. The van der Waals surface area contributed by atoms with Gasteiger partial charge in [-0.15, -0.1) is 0 Å². The van der Waals surface area contributed by atoms with Gasteiger partial charge in [-0.2, -0.15) is 4.98 Å². The third-order valence-electron chi connectivity index (χ3n) is 6.00. The summed E-state index contributed by atoms with van der Waals surface area (Å²) in [5.41, 5.74) is 0.926. The van der Waals surface area contributed by atoms with Gasteiger partial charge in [-0.1, -0.05) is 30.3 Å². The summed E-state index contributed by atoms with van der Waals surface area (Å²) in [5.74, 6) is 1.05. The second kappa shape index (κ2) is 8.09. The average molecular weight is 445 g/mol. The van der Waals surface area contributed by atoms with Crippen LogP contribution in [0.25, 0.3) is 11.2 Å². The molecular weight excluding hydrogens is 422 g/mol. The van der Waals surface area contributed by atoms with Crippen LogP contribution in [0.1, 0.15) is 16.8 Å². The molecule has 1 aliphatic rings. The summed E-state index contributed by atoms with van der Waals surface area (Å²) in [6, 6.07) is 16.3. The highest BCUT2D eigenvalue weighted by molar-refractivity contribution is 5.96. The van der Waals surface area contributed by atoms with Crippen molar-refractivity contribution in [3.63, 3.8) is 0 Å². The molecule has 9 nitrogen and oxygen atoms in total. The van der Waals surface area contributed by atoms with Crippen molar-refractivity contribution in [1.82, 2.24) is 18.7 Å². The molecular formula is C24H23N5O4. The van der Waals surface area contributed by atoms with E-state index in [2.05, 4.69) is 4.98 Å². The molecule has 33 heavy (non-hydrogen) atoms. The number of rotatable bonds is 5. The SMILES string of the molecule is COc1ccc(N2CCCn3c2nc2c3c(=O)n(CC(=O)c3ccccc3)c(=O)n2C)cc1. The Balaban J connectivity index is 1.63. The summed E-state index contributed by atoms with van der Waals surface area (Å²) in [5, 5.41) is 0. The molecule has 4 aromatic rings. The van der Waals surface area contributed by atoms with E-state index in [4.69, 9.17) is 4.74 Å². The number of methoxy groups -OCH3 is 1. The highest BCUT2D eigenvalue weighted by Gasteiger charge is 2.27. The molecule has 5 rings (SSSR count). The largest absolute Gasteiger partial charge is 0.497 e. The summed E-state index contributed by atoms with van der Waals surface area (Å²) in [4.78, 5) is 45.9. The smallest absolute Gasteiger partial charge is 0.332 e. The molecule has 1 aliphatic heterocycles.